The molecule has 0 aliphatic heterocycles. The Bertz CT molecular complexity index is 288. The number of rotatable bonds is 0. The van der Waals surface area contributed by atoms with E-state index in [2.05, 4.69) is 21.5 Å². The van der Waals surface area contributed by atoms with Crippen molar-refractivity contribution in [1.29, 1.82) is 0 Å². The van der Waals surface area contributed by atoms with Crippen LogP contribution in [0.1, 0.15) is 0 Å². The summed E-state index contributed by atoms with van der Waals surface area (Å²) in [4.78, 5) is 0. The van der Waals surface area contributed by atoms with E-state index >= 15 is 0 Å². The molecule has 1 aromatic carbocycles. The summed E-state index contributed by atoms with van der Waals surface area (Å²) in [6, 6.07) is 8.40. The van der Waals surface area contributed by atoms with Crippen molar-refractivity contribution in [1.82, 2.24) is 15.4 Å². The minimum absolute atomic E-state index is 0. The summed E-state index contributed by atoms with van der Waals surface area (Å²) in [5.74, 6) is 0. The largest absolute Gasteiger partial charge is 1.00 e. The normalized spacial score (nSPS) is 8.36. The van der Waals surface area contributed by atoms with Crippen LogP contribution >= 0.6 is 0 Å². The molecule has 2 aromatic rings. The summed E-state index contributed by atoms with van der Waals surface area (Å²) >= 11 is 0. The summed E-state index contributed by atoms with van der Waals surface area (Å²) in [5, 5.41) is 10.1. The minimum Gasteiger partial charge on any atom is -0.358 e. The van der Waals surface area contributed by atoms with E-state index in [1.54, 1.807) is 6.07 Å². The van der Waals surface area contributed by atoms with Gasteiger partial charge in [0.15, 0.2) is 0 Å². The molecule has 0 bridgehead atoms. The molecular weight excluding hydrogens is 165 g/mol. The zero-order valence-corrected chi connectivity index (χ0v) is 9.75. The molecule has 0 saturated carbocycles. The van der Waals surface area contributed by atoms with Crippen LogP contribution in [-0.4, -0.2) is 15.4 Å². The van der Waals surface area contributed by atoms with E-state index in [0.29, 0.717) is 0 Å². The van der Waals surface area contributed by atoms with Gasteiger partial charge in [0.2, 0.25) is 0 Å². The Balaban J connectivity index is 0.000000500. The van der Waals surface area contributed by atoms with Gasteiger partial charge in [0.05, 0.1) is 0 Å². The van der Waals surface area contributed by atoms with Gasteiger partial charge in [-0.2, -0.15) is 17.2 Å². The van der Waals surface area contributed by atoms with Crippen LogP contribution < -0.4 is 51.4 Å². The number of fused-ring (bicyclic) bond motifs is 1. The molecule has 2 rings (SSSR count). The second-order valence-corrected chi connectivity index (χ2v) is 1.76. The van der Waals surface area contributed by atoms with Crippen molar-refractivity contribution in [3.8, 4) is 0 Å². The molecule has 1 aromatic heterocycles. The first-order valence-electron chi connectivity index (χ1n) is 2.64. The van der Waals surface area contributed by atoms with Gasteiger partial charge >= 0.3 is 51.4 Å². The predicted molar refractivity (Wildman–Crippen MR) is 39.1 cm³/mol. The quantitative estimate of drug-likeness (QED) is 0.377. The molecule has 3 nitrogen and oxygen atoms in total. The molecule has 0 saturated heterocycles. The predicted octanol–water partition coefficient (Wildman–Crippen LogP) is -1.79. The summed E-state index contributed by atoms with van der Waals surface area (Å²) < 4.78 is 0. The van der Waals surface area contributed by atoms with Crippen molar-refractivity contribution >= 4 is 11.0 Å². The van der Waals surface area contributed by atoms with Gasteiger partial charge in [0.1, 0.15) is 0 Å². The second-order valence-electron chi connectivity index (χ2n) is 1.76. The number of hydrogen-bond acceptors (Lipinski definition) is 2. The van der Waals surface area contributed by atoms with Gasteiger partial charge in [-0.25, -0.2) is 0 Å². The molecule has 0 atom stereocenters. The van der Waals surface area contributed by atoms with E-state index in [0.717, 1.165) is 11.0 Å². The van der Waals surface area contributed by atoms with Crippen LogP contribution in [0.3, 0.4) is 0 Å². The van der Waals surface area contributed by atoms with Crippen molar-refractivity contribution in [2.24, 2.45) is 0 Å². The van der Waals surface area contributed by atoms with E-state index in [-0.39, 0.29) is 58.8 Å². The third-order valence-corrected chi connectivity index (χ3v) is 1.17. The van der Waals surface area contributed by atoms with E-state index in [1.165, 1.54) is 0 Å². The smallest absolute Gasteiger partial charge is 0.358 e. The zero-order valence-electron chi connectivity index (χ0n) is 6.63. The Morgan fingerprint density at radius 1 is 1.45 bits per heavy atom. The van der Waals surface area contributed by atoms with Crippen molar-refractivity contribution in [2.45, 2.75) is 0 Å². The first-order valence-corrected chi connectivity index (χ1v) is 2.64. The maximum Gasteiger partial charge on any atom is 1.00 e. The summed E-state index contributed by atoms with van der Waals surface area (Å²) in [7, 11) is 0. The molecular formula is C7H7KN3-. The fourth-order valence-corrected chi connectivity index (χ4v) is 0.732. The Hall–Kier alpha value is 0.256. The fraction of sp³-hybridized carbons (Fsp3) is 0. The molecule has 1 heterocycles. The Labute approximate surface area is 108 Å². The minimum atomic E-state index is 0. The van der Waals surface area contributed by atoms with Gasteiger partial charge in [-0.1, -0.05) is 5.21 Å². The summed E-state index contributed by atoms with van der Waals surface area (Å²) in [5.41, 5.74) is 1.81. The van der Waals surface area contributed by atoms with E-state index in [1.807, 2.05) is 12.1 Å². The van der Waals surface area contributed by atoms with Crippen LogP contribution in [-0.2, 0) is 0 Å². The molecule has 11 heavy (non-hydrogen) atoms. The van der Waals surface area contributed by atoms with Crippen LogP contribution in [0.25, 0.3) is 11.0 Å². The average Bonchev–Trinajstić information content (AvgIpc) is 2.33. The number of nitrogens with zero attached hydrogens (tertiary/aromatic N) is 2. The summed E-state index contributed by atoms with van der Waals surface area (Å²) in [6.45, 7) is 0. The standard InChI is InChI=1S/C6H4N3.CH3.K/c1-2-4-6-5(3-1)7-9-8-6;;/h1,3-4H,(H,7,8,9);1H3;/q2*-1;+1. The Kier molecular flexibility index (Phi) is 5.12. The molecule has 0 radical (unpaired) electrons. The molecule has 1 N–H and O–H groups in total. The van der Waals surface area contributed by atoms with Crippen LogP contribution in [0.15, 0.2) is 18.2 Å². The molecule has 0 amide bonds. The van der Waals surface area contributed by atoms with Crippen molar-refractivity contribution in [3.05, 3.63) is 31.7 Å². The Morgan fingerprint density at radius 3 is 3.00 bits per heavy atom. The zero-order chi connectivity index (χ0) is 6.10. The van der Waals surface area contributed by atoms with Gasteiger partial charge in [0, 0.05) is 5.52 Å². The summed E-state index contributed by atoms with van der Waals surface area (Å²) in [6.07, 6.45) is 0. The van der Waals surface area contributed by atoms with E-state index < -0.39 is 0 Å². The van der Waals surface area contributed by atoms with Crippen molar-refractivity contribution < 1.29 is 51.4 Å². The molecule has 0 spiro atoms. The van der Waals surface area contributed by atoms with Gasteiger partial charge in [-0.05, 0) is 5.52 Å². The maximum absolute atomic E-state index is 3.78. The first kappa shape index (κ1) is 11.3. The van der Waals surface area contributed by atoms with Crippen LogP contribution in [0.2, 0.25) is 0 Å². The molecule has 0 unspecified atom stereocenters. The van der Waals surface area contributed by atoms with Gasteiger partial charge in [-0.3, -0.25) is 5.10 Å². The van der Waals surface area contributed by atoms with Gasteiger partial charge < -0.3 is 7.43 Å². The van der Waals surface area contributed by atoms with Crippen LogP contribution in [0, 0.1) is 13.5 Å². The molecule has 0 aliphatic rings. The number of benzene rings is 1. The average molecular weight is 172 g/mol. The van der Waals surface area contributed by atoms with E-state index in [9.17, 15) is 0 Å². The van der Waals surface area contributed by atoms with Crippen LogP contribution in [0.5, 0.6) is 0 Å². The number of hydrogen-bond donors (Lipinski definition) is 1. The van der Waals surface area contributed by atoms with Gasteiger partial charge in [-0.15, -0.1) is 12.1 Å². The van der Waals surface area contributed by atoms with Crippen LogP contribution in [0.4, 0.5) is 0 Å². The van der Waals surface area contributed by atoms with Gasteiger partial charge in [0.25, 0.3) is 0 Å². The fourth-order valence-electron chi connectivity index (χ4n) is 0.732. The number of nitrogens with one attached hydrogen (secondary N) is 1. The molecule has 0 fully saturated rings. The molecule has 52 valence electrons. The second kappa shape index (κ2) is 5.00. The molecule has 0 aliphatic carbocycles. The van der Waals surface area contributed by atoms with Crippen molar-refractivity contribution in [2.75, 3.05) is 0 Å². The third kappa shape index (κ3) is 2.35. The first-order chi connectivity index (χ1) is 4.47. The van der Waals surface area contributed by atoms with Crippen molar-refractivity contribution in [3.63, 3.8) is 0 Å². The monoisotopic (exact) mass is 172 g/mol. The SMILES string of the molecule is [CH3-].[K+].[c-]1ccc2[nH]nnc2c1. The Morgan fingerprint density at radius 2 is 2.27 bits per heavy atom. The number of H-pyrrole nitrogens is 1. The third-order valence-electron chi connectivity index (χ3n) is 1.17. The number of aromatic amines is 1. The molecule has 4 heteroatoms. The number of aromatic nitrogens is 3. The topological polar surface area (TPSA) is 41.6 Å². The van der Waals surface area contributed by atoms with E-state index in [4.69, 9.17) is 0 Å². The maximum atomic E-state index is 3.78.